The number of nitrogens with zero attached hydrogens (tertiary/aromatic N) is 1. The van der Waals surface area contributed by atoms with Crippen LogP contribution in [0.5, 0.6) is 0 Å². The van der Waals surface area contributed by atoms with Gasteiger partial charge >= 0.3 is 5.97 Å². The van der Waals surface area contributed by atoms with E-state index in [2.05, 4.69) is 4.90 Å². The first-order valence-corrected chi connectivity index (χ1v) is 5.20. The summed E-state index contributed by atoms with van der Waals surface area (Å²) in [5.74, 6) is -0.728. The maximum absolute atomic E-state index is 10.3. The summed E-state index contributed by atoms with van der Waals surface area (Å²) in [6.45, 7) is 6.34. The van der Waals surface area contributed by atoms with Crippen molar-refractivity contribution in [3.05, 3.63) is 0 Å². The van der Waals surface area contributed by atoms with E-state index in [0.717, 1.165) is 13.2 Å². The molecule has 4 nitrogen and oxygen atoms in total. The molecular weight excluding hydrogens is 182 g/mol. The summed E-state index contributed by atoms with van der Waals surface area (Å²) in [5.41, 5.74) is 0. The zero-order valence-electron chi connectivity index (χ0n) is 9.32. The molecule has 0 bridgehead atoms. The van der Waals surface area contributed by atoms with E-state index < -0.39 is 5.97 Å². The monoisotopic (exact) mass is 203 g/mol. The number of likely N-dealkylation sites (N-methyl/N-ethyl adjacent to an activating group) is 1. The Hall–Kier alpha value is -0.610. The molecule has 84 valence electrons. The third-order valence-corrected chi connectivity index (χ3v) is 2.21. The van der Waals surface area contributed by atoms with Gasteiger partial charge in [-0.2, -0.15) is 0 Å². The zero-order valence-corrected chi connectivity index (χ0v) is 9.32. The van der Waals surface area contributed by atoms with E-state index in [1.54, 1.807) is 0 Å². The van der Waals surface area contributed by atoms with Crippen LogP contribution in [-0.2, 0) is 9.53 Å². The minimum Gasteiger partial charge on any atom is -0.481 e. The number of hydrogen-bond donors (Lipinski definition) is 1. The molecule has 14 heavy (non-hydrogen) atoms. The van der Waals surface area contributed by atoms with Crippen LogP contribution < -0.4 is 0 Å². The second-order valence-electron chi connectivity index (χ2n) is 3.14. The predicted octanol–water partition coefficient (Wildman–Crippen LogP) is 1.21. The Bertz CT molecular complexity index is 161. The van der Waals surface area contributed by atoms with Crippen LogP contribution in [0.2, 0.25) is 0 Å². The number of rotatable bonds is 3. The van der Waals surface area contributed by atoms with Crippen molar-refractivity contribution in [1.82, 2.24) is 4.90 Å². The van der Waals surface area contributed by atoms with Crippen molar-refractivity contribution in [3.8, 4) is 0 Å². The van der Waals surface area contributed by atoms with Crippen molar-refractivity contribution in [1.29, 1.82) is 0 Å². The molecule has 1 rings (SSSR count). The molecule has 4 heteroatoms. The van der Waals surface area contributed by atoms with E-state index in [9.17, 15) is 4.79 Å². The lowest BCUT2D eigenvalue weighted by Gasteiger charge is -2.31. The molecule has 1 N–H and O–H groups in total. The molecule has 0 aliphatic carbocycles. The van der Waals surface area contributed by atoms with Crippen molar-refractivity contribution in [3.63, 3.8) is 0 Å². The van der Waals surface area contributed by atoms with Gasteiger partial charge in [-0.15, -0.1) is 0 Å². The summed E-state index contributed by atoms with van der Waals surface area (Å²) in [4.78, 5) is 12.4. The molecule has 0 aromatic carbocycles. The molecule has 1 aliphatic rings. The lowest BCUT2D eigenvalue weighted by atomic mass is 10.1. The van der Waals surface area contributed by atoms with E-state index >= 15 is 0 Å². The van der Waals surface area contributed by atoms with Crippen molar-refractivity contribution < 1.29 is 14.6 Å². The summed E-state index contributed by atoms with van der Waals surface area (Å²) in [6.07, 6.45) is 0.921. The minimum absolute atomic E-state index is 0.234. The van der Waals surface area contributed by atoms with Gasteiger partial charge in [-0.3, -0.25) is 9.69 Å². The summed E-state index contributed by atoms with van der Waals surface area (Å²) < 4.78 is 5.25. The third kappa shape index (κ3) is 5.19. The highest BCUT2D eigenvalue weighted by Gasteiger charge is 2.19. The van der Waals surface area contributed by atoms with E-state index in [4.69, 9.17) is 9.84 Å². The van der Waals surface area contributed by atoms with E-state index in [-0.39, 0.29) is 12.5 Å². The predicted molar refractivity (Wildman–Crippen MR) is 55.5 cm³/mol. The highest BCUT2D eigenvalue weighted by atomic mass is 16.5. The average Bonchev–Trinajstić information content (AvgIpc) is 2.19. The highest BCUT2D eigenvalue weighted by Crippen LogP contribution is 2.09. The third-order valence-electron chi connectivity index (χ3n) is 2.21. The maximum Gasteiger partial charge on any atom is 0.303 e. The van der Waals surface area contributed by atoms with Crippen molar-refractivity contribution in [2.75, 3.05) is 26.8 Å². The molecule has 1 fully saturated rings. The van der Waals surface area contributed by atoms with Gasteiger partial charge in [0.25, 0.3) is 0 Å². The fourth-order valence-corrected chi connectivity index (χ4v) is 1.33. The molecule has 0 saturated carbocycles. The molecule has 0 spiro atoms. The quantitative estimate of drug-likeness (QED) is 0.749. The average molecular weight is 203 g/mol. The number of aliphatic carboxylic acids is 1. The molecule has 1 atom stereocenters. The van der Waals surface area contributed by atoms with Gasteiger partial charge in [0.1, 0.15) is 0 Å². The van der Waals surface area contributed by atoms with E-state index in [0.29, 0.717) is 13.0 Å². The molecule has 0 radical (unpaired) electrons. The molecule has 0 aromatic heterocycles. The molecule has 0 aromatic rings. The number of carbonyl (C=O) groups is 1. The molecular formula is C10H21NO3. The van der Waals surface area contributed by atoms with Crippen molar-refractivity contribution in [2.24, 2.45) is 0 Å². The fraction of sp³-hybridized carbons (Fsp3) is 0.900. The smallest absolute Gasteiger partial charge is 0.303 e. The van der Waals surface area contributed by atoms with Crippen molar-refractivity contribution >= 4 is 5.97 Å². The largest absolute Gasteiger partial charge is 0.481 e. The first kappa shape index (κ1) is 13.4. The minimum atomic E-state index is -0.728. The number of morpholine rings is 1. The summed E-state index contributed by atoms with van der Waals surface area (Å²) in [5, 5.41) is 8.47. The van der Waals surface area contributed by atoms with Crippen LogP contribution in [-0.4, -0.2) is 48.8 Å². The molecule has 1 unspecified atom stereocenters. The van der Waals surface area contributed by atoms with Gasteiger partial charge in [0, 0.05) is 19.0 Å². The van der Waals surface area contributed by atoms with Gasteiger partial charge in [-0.1, -0.05) is 13.8 Å². The van der Waals surface area contributed by atoms with Gasteiger partial charge in [0.2, 0.25) is 0 Å². The Morgan fingerprint density at radius 1 is 1.57 bits per heavy atom. The van der Waals surface area contributed by atoms with E-state index in [1.807, 2.05) is 20.9 Å². The maximum atomic E-state index is 10.3. The number of ether oxygens (including phenoxy) is 1. The zero-order chi connectivity index (χ0) is 11.0. The summed E-state index contributed by atoms with van der Waals surface area (Å²) in [7, 11) is 2.01. The van der Waals surface area contributed by atoms with Gasteiger partial charge in [0.15, 0.2) is 0 Å². The Balaban J connectivity index is 0.000000791. The van der Waals surface area contributed by atoms with Crippen LogP contribution in [0.4, 0.5) is 0 Å². The fourth-order valence-electron chi connectivity index (χ4n) is 1.33. The Kier molecular flexibility index (Phi) is 7.42. The van der Waals surface area contributed by atoms with Gasteiger partial charge in [-0.05, 0) is 13.5 Å². The van der Waals surface area contributed by atoms with Crippen LogP contribution in [0.3, 0.4) is 0 Å². The van der Waals surface area contributed by atoms with Gasteiger partial charge < -0.3 is 9.84 Å². The van der Waals surface area contributed by atoms with Crippen LogP contribution in [0, 0.1) is 0 Å². The molecule has 1 heterocycles. The standard InChI is InChI=1S/C8H15NO3.C2H6/c1-9-4-5-12-6-7(9)2-3-8(10)11;1-2/h7H,2-6H2,1H3,(H,10,11);1-2H3. The Morgan fingerprint density at radius 2 is 2.21 bits per heavy atom. The highest BCUT2D eigenvalue weighted by molar-refractivity contribution is 5.66. The first-order chi connectivity index (χ1) is 6.70. The Morgan fingerprint density at radius 3 is 2.71 bits per heavy atom. The summed E-state index contributed by atoms with van der Waals surface area (Å²) >= 11 is 0. The van der Waals surface area contributed by atoms with Crippen LogP contribution >= 0.6 is 0 Å². The molecule has 0 amide bonds. The second kappa shape index (κ2) is 7.76. The lowest BCUT2D eigenvalue weighted by molar-refractivity contribution is -0.137. The lowest BCUT2D eigenvalue weighted by Crippen LogP contribution is -2.42. The van der Waals surface area contributed by atoms with Crippen LogP contribution in [0.15, 0.2) is 0 Å². The van der Waals surface area contributed by atoms with Crippen LogP contribution in [0.1, 0.15) is 26.7 Å². The normalized spacial score (nSPS) is 22.4. The molecule has 1 aliphatic heterocycles. The number of carboxylic acids is 1. The first-order valence-electron chi connectivity index (χ1n) is 5.20. The molecule has 1 saturated heterocycles. The number of hydrogen-bond acceptors (Lipinski definition) is 3. The topological polar surface area (TPSA) is 49.8 Å². The van der Waals surface area contributed by atoms with E-state index in [1.165, 1.54) is 0 Å². The van der Waals surface area contributed by atoms with Gasteiger partial charge in [0.05, 0.1) is 13.2 Å². The number of carboxylic acid groups (broad SMARTS) is 1. The van der Waals surface area contributed by atoms with Crippen molar-refractivity contribution in [2.45, 2.75) is 32.7 Å². The van der Waals surface area contributed by atoms with Crippen LogP contribution in [0.25, 0.3) is 0 Å². The van der Waals surface area contributed by atoms with Gasteiger partial charge in [-0.25, -0.2) is 0 Å². The Labute approximate surface area is 85.9 Å². The summed E-state index contributed by atoms with van der Waals surface area (Å²) in [6, 6.07) is 0.287. The second-order valence-corrected chi connectivity index (χ2v) is 3.14. The SMILES string of the molecule is CC.CN1CCOCC1CCC(=O)O.